The van der Waals surface area contributed by atoms with Gasteiger partial charge in [0.05, 0.1) is 12.6 Å². The van der Waals surface area contributed by atoms with Gasteiger partial charge in [-0.05, 0) is 100 Å². The van der Waals surface area contributed by atoms with Crippen LogP contribution in [0.1, 0.15) is 149 Å². The highest BCUT2D eigenvalue weighted by atomic mass is 32.2. The minimum atomic E-state index is -1.74. The minimum absolute atomic E-state index is 0.0169. The van der Waals surface area contributed by atoms with E-state index >= 15 is 14.4 Å². The number of hydrogen-bond donors (Lipinski definition) is 5. The van der Waals surface area contributed by atoms with Crippen molar-refractivity contribution in [3.8, 4) is 0 Å². The summed E-state index contributed by atoms with van der Waals surface area (Å²) in [7, 11) is 9.73. The molecule has 0 aromatic rings. The average molecular weight is 1290 g/mol. The topological polar surface area (TPSA) is 305 Å². The zero-order valence-electron chi connectivity index (χ0n) is 58.5. The number of allylic oxidation sites excluding steroid dienone is 1. The third-order valence-corrected chi connectivity index (χ3v) is 16.8. The van der Waals surface area contributed by atoms with Crippen LogP contribution in [-0.4, -0.2) is 245 Å². The summed E-state index contributed by atoms with van der Waals surface area (Å²) in [6.07, 6.45) is 3.24. The van der Waals surface area contributed by atoms with Crippen LogP contribution < -0.4 is 21.3 Å². The number of nitrogens with zero attached hydrogens (tertiary/aromatic N) is 7. The van der Waals surface area contributed by atoms with E-state index < -0.39 is 162 Å². The number of aliphatic hydroxyl groups excluding tert-OH is 1. The lowest BCUT2D eigenvalue weighted by Crippen LogP contribution is -2.63. The van der Waals surface area contributed by atoms with Gasteiger partial charge in [0.2, 0.25) is 65.0 Å². The van der Waals surface area contributed by atoms with E-state index in [1.165, 1.54) is 112 Å². The maximum Gasteiger partial charge on any atom is 0.331 e. The van der Waals surface area contributed by atoms with E-state index in [9.17, 15) is 48.3 Å². The van der Waals surface area contributed by atoms with E-state index in [4.69, 9.17) is 4.74 Å². The van der Waals surface area contributed by atoms with Crippen LogP contribution >= 0.6 is 11.8 Å². The second-order valence-corrected chi connectivity index (χ2v) is 27.6. The van der Waals surface area contributed by atoms with E-state index in [-0.39, 0.29) is 68.1 Å². The molecule has 1 aliphatic heterocycles. The molecule has 0 bridgehead atoms. The molecule has 1 saturated heterocycles. The Morgan fingerprint density at radius 2 is 0.956 bits per heavy atom. The van der Waals surface area contributed by atoms with Gasteiger partial charge in [0.25, 0.3) is 0 Å². The number of carbonyl (C=O) groups excluding carboxylic acids is 12. The molecular formula is C64H113N11O14S. The lowest BCUT2D eigenvalue weighted by Gasteiger charge is -2.41. The third-order valence-electron chi connectivity index (χ3n) is 16.4. The molecule has 1 rings (SSSR count). The fourth-order valence-electron chi connectivity index (χ4n) is 10.9. The van der Waals surface area contributed by atoms with Gasteiger partial charge in [-0.25, -0.2) is 4.79 Å². The lowest BCUT2D eigenvalue weighted by atomic mass is 9.91. The molecule has 0 aromatic heterocycles. The Morgan fingerprint density at radius 1 is 0.522 bits per heavy atom. The number of ether oxygens (including phenoxy) is 1. The number of nitrogens with one attached hydrogen (secondary N) is 4. The van der Waals surface area contributed by atoms with E-state index in [1.807, 2.05) is 55.4 Å². The van der Waals surface area contributed by atoms with E-state index in [0.29, 0.717) is 0 Å². The summed E-state index contributed by atoms with van der Waals surface area (Å²) in [5, 5.41) is 23.2. The molecule has 25 nitrogen and oxygen atoms in total. The highest BCUT2D eigenvalue weighted by Crippen LogP contribution is 2.26. The first kappa shape index (κ1) is 81.7. The molecule has 514 valence electrons. The summed E-state index contributed by atoms with van der Waals surface area (Å²) in [5.74, 6) is -11.0. The van der Waals surface area contributed by atoms with Crippen LogP contribution in [0.5, 0.6) is 0 Å². The fourth-order valence-corrected chi connectivity index (χ4v) is 11.1. The molecule has 0 aliphatic carbocycles. The Balaban J connectivity index is 4.37. The van der Waals surface area contributed by atoms with Crippen LogP contribution in [0, 0.1) is 41.4 Å². The predicted octanol–water partition coefficient (Wildman–Crippen LogP) is 3.11. The predicted molar refractivity (Wildman–Crippen MR) is 347 cm³/mol. The average Bonchev–Trinajstić information content (AvgIpc) is 1.04. The molecule has 0 radical (unpaired) electrons. The van der Waals surface area contributed by atoms with Crippen molar-refractivity contribution in [3.63, 3.8) is 0 Å². The zero-order chi connectivity index (χ0) is 69.7. The second-order valence-electron chi connectivity index (χ2n) is 26.8. The van der Waals surface area contributed by atoms with Crippen molar-refractivity contribution in [2.24, 2.45) is 41.4 Å². The summed E-state index contributed by atoms with van der Waals surface area (Å²) in [6, 6.07) is -12.8. The van der Waals surface area contributed by atoms with Crippen molar-refractivity contribution in [2.45, 2.75) is 216 Å². The van der Waals surface area contributed by atoms with Crippen LogP contribution in [0.4, 0.5) is 0 Å². The normalized spacial score (nSPS) is 26.0. The van der Waals surface area contributed by atoms with Crippen molar-refractivity contribution >= 4 is 82.7 Å². The van der Waals surface area contributed by atoms with Crippen LogP contribution in [0.2, 0.25) is 0 Å². The molecule has 12 atom stereocenters. The molecule has 1 heterocycles. The van der Waals surface area contributed by atoms with Gasteiger partial charge in [0, 0.05) is 55.4 Å². The first-order valence-corrected chi connectivity index (χ1v) is 33.1. The van der Waals surface area contributed by atoms with Crippen LogP contribution in [-0.2, 0) is 62.3 Å². The van der Waals surface area contributed by atoms with Gasteiger partial charge in [-0.1, -0.05) is 103 Å². The first-order valence-electron chi connectivity index (χ1n) is 31.7. The summed E-state index contributed by atoms with van der Waals surface area (Å²) >= 11 is 1.29. The molecule has 5 N–H and O–H groups in total. The van der Waals surface area contributed by atoms with Gasteiger partial charge in [0.15, 0.2) is 0 Å². The Labute approximate surface area is 541 Å². The largest absolute Gasteiger partial charge is 0.451 e. The van der Waals surface area contributed by atoms with Gasteiger partial charge < -0.3 is 65.4 Å². The van der Waals surface area contributed by atoms with Crippen molar-refractivity contribution < 1.29 is 67.4 Å². The van der Waals surface area contributed by atoms with Crippen molar-refractivity contribution in [3.05, 3.63) is 12.2 Å². The van der Waals surface area contributed by atoms with Gasteiger partial charge >= 0.3 is 5.97 Å². The van der Waals surface area contributed by atoms with E-state index in [1.54, 1.807) is 47.8 Å². The van der Waals surface area contributed by atoms with Crippen LogP contribution in [0.3, 0.4) is 0 Å². The number of rotatable bonds is 18. The maximum atomic E-state index is 15.3. The molecule has 0 saturated carbocycles. The minimum Gasteiger partial charge on any atom is -0.451 e. The molecule has 11 amide bonds. The van der Waals surface area contributed by atoms with Gasteiger partial charge in [-0.15, -0.1) is 11.8 Å². The Hall–Kier alpha value is -6.31. The number of likely N-dealkylation sites (N-methyl/N-ethyl adjacent to an activating group) is 7. The highest BCUT2D eigenvalue weighted by Gasteiger charge is 2.46. The van der Waals surface area contributed by atoms with Crippen molar-refractivity contribution in [2.75, 3.05) is 68.1 Å². The van der Waals surface area contributed by atoms with Crippen LogP contribution in [0.25, 0.3) is 0 Å². The molecule has 0 spiro atoms. The lowest BCUT2D eigenvalue weighted by molar-refractivity contribution is -0.157. The monoisotopic (exact) mass is 1290 g/mol. The highest BCUT2D eigenvalue weighted by molar-refractivity contribution is 7.98. The molecule has 26 heteroatoms. The summed E-state index contributed by atoms with van der Waals surface area (Å²) in [6.45, 7) is 27.1. The summed E-state index contributed by atoms with van der Waals surface area (Å²) < 4.78 is 5.12. The Kier molecular flexibility index (Phi) is 34.4. The summed E-state index contributed by atoms with van der Waals surface area (Å²) in [4.78, 5) is 181. The smallest absolute Gasteiger partial charge is 0.331 e. The van der Waals surface area contributed by atoms with Gasteiger partial charge in [-0.3, -0.25) is 52.7 Å². The molecule has 0 unspecified atom stereocenters. The van der Waals surface area contributed by atoms with Crippen molar-refractivity contribution in [1.82, 2.24) is 55.6 Å². The van der Waals surface area contributed by atoms with Gasteiger partial charge in [-0.2, -0.15) is 0 Å². The standard InChI is InChI=1S/C64H113N11O14S/c1-25-44-60(84)69(17)33-49(76)70(18)45(29-35(2)3)57(81)68-51(39(10)11)63(87)71(19)46(30-36(4)5)56(80)65-42(15)55(79)66-43(16)59(83)72(20)47(31-37(6)7)61(85)73(21)48(32-38(8)9)62(86)74(22)52(40(12)13)64(88)75(23)53(58(82)67-44)54(78)41(14)27-26-28-50(77)89-34-90-24/h26,28,35-48,51-54,78H,25,27,29-34H2,1-24H3,(H,65,80)(H,66,79)(H,67,82)(H,68,81)/b28-26+/t41-,42+,43-,44+,45+,46+,47+,48+,51+,52+,53+,54-/m1/s1. The van der Waals surface area contributed by atoms with Gasteiger partial charge in [0.1, 0.15) is 66.4 Å². The summed E-state index contributed by atoms with van der Waals surface area (Å²) in [5.41, 5.74) is 0. The number of aliphatic hydroxyl groups is 1. The zero-order valence-corrected chi connectivity index (χ0v) is 59.3. The molecule has 1 fully saturated rings. The van der Waals surface area contributed by atoms with Crippen molar-refractivity contribution in [1.29, 1.82) is 0 Å². The molecule has 90 heavy (non-hydrogen) atoms. The van der Waals surface area contributed by atoms with E-state index in [0.717, 1.165) is 9.80 Å². The SMILES string of the molecule is CC[C@@H]1NC(=O)[C@H]([C@H](O)[C@H](C)C/C=C/C(=O)OCSC)N(C)C(=O)[C@H](C(C)C)N(C)C(=O)[C@H](CC(C)C)N(C)C(=O)[C@H](CC(C)C)N(C)C(=O)[C@@H](C)NC(=O)[C@H](C)NC(=O)[C@H](CC(C)C)N(C)C(=O)[C@H](C(C)C)NC(=O)[C@H](CC(C)C)N(C)C(=O)CN(C)C1=O. The number of amides is 11. The first-order chi connectivity index (χ1) is 41.6. The number of thioether (sulfide) groups is 1. The number of hydrogen-bond acceptors (Lipinski definition) is 15. The quantitative estimate of drug-likeness (QED) is 0.0748. The molecule has 0 aromatic carbocycles. The fraction of sp³-hybridized carbons (Fsp3) is 0.781. The maximum absolute atomic E-state index is 15.3. The Morgan fingerprint density at radius 3 is 1.42 bits per heavy atom. The van der Waals surface area contributed by atoms with Crippen LogP contribution in [0.15, 0.2) is 12.2 Å². The number of carbonyl (C=O) groups is 12. The van der Waals surface area contributed by atoms with E-state index in [2.05, 4.69) is 21.3 Å². The second kappa shape index (κ2) is 37.9. The third kappa shape index (κ3) is 23.7. The molecular weight excluding hydrogens is 1180 g/mol. The molecule has 1 aliphatic rings. The number of esters is 1. The Bertz CT molecular complexity index is 2490.